The first-order valence-corrected chi connectivity index (χ1v) is 5.58. The second-order valence-electron chi connectivity index (χ2n) is 4.50. The Morgan fingerprint density at radius 3 is 2.71 bits per heavy atom. The topological polar surface area (TPSA) is 106 Å². The van der Waals surface area contributed by atoms with Crippen molar-refractivity contribution in [3.8, 4) is 0 Å². The highest BCUT2D eigenvalue weighted by Crippen LogP contribution is 2.25. The molecule has 0 spiro atoms. The summed E-state index contributed by atoms with van der Waals surface area (Å²) in [5.74, 6) is 1.47. The number of nitrogens with zero attached hydrogens (tertiary/aromatic N) is 1. The van der Waals surface area contributed by atoms with E-state index in [0.717, 1.165) is 18.9 Å². The van der Waals surface area contributed by atoms with Crippen molar-refractivity contribution in [2.45, 2.75) is 12.8 Å². The molecule has 1 aliphatic heterocycles. The van der Waals surface area contributed by atoms with Gasteiger partial charge in [0.1, 0.15) is 11.3 Å². The third kappa shape index (κ3) is 1.59. The van der Waals surface area contributed by atoms with Crippen LogP contribution in [0.4, 0.5) is 0 Å². The minimum atomic E-state index is -0.529. The normalized spacial score (nSPS) is 24.5. The lowest BCUT2D eigenvalue weighted by Crippen LogP contribution is -2.21. The molecule has 0 bridgehead atoms. The van der Waals surface area contributed by atoms with Crippen molar-refractivity contribution in [3.63, 3.8) is 0 Å². The Balaban J connectivity index is 2.16. The third-order valence-electron chi connectivity index (χ3n) is 3.28. The van der Waals surface area contributed by atoms with Crippen molar-refractivity contribution in [1.82, 2.24) is 25.3 Å². The van der Waals surface area contributed by atoms with Crippen LogP contribution in [0.25, 0.3) is 11.2 Å². The van der Waals surface area contributed by atoms with Gasteiger partial charge in [0.25, 0.3) is 5.56 Å². The summed E-state index contributed by atoms with van der Waals surface area (Å²) in [5, 5.41) is 3.27. The van der Waals surface area contributed by atoms with Gasteiger partial charge in [-0.25, -0.2) is 9.78 Å². The van der Waals surface area contributed by atoms with Gasteiger partial charge in [0.05, 0.1) is 0 Å². The van der Waals surface area contributed by atoms with Crippen LogP contribution >= 0.6 is 0 Å². The summed E-state index contributed by atoms with van der Waals surface area (Å²) < 4.78 is 0. The molecule has 0 aromatic carbocycles. The molecular formula is C10H13N5O2. The lowest BCUT2D eigenvalue weighted by atomic mass is 9.98. The molecule has 1 aliphatic rings. The van der Waals surface area contributed by atoms with Crippen LogP contribution in [0.3, 0.4) is 0 Å². The third-order valence-corrected chi connectivity index (χ3v) is 3.28. The first-order chi connectivity index (χ1) is 8.15. The van der Waals surface area contributed by atoms with E-state index in [1.165, 1.54) is 0 Å². The zero-order valence-corrected chi connectivity index (χ0v) is 9.33. The van der Waals surface area contributed by atoms with Crippen molar-refractivity contribution in [3.05, 3.63) is 26.7 Å². The number of H-pyrrole nitrogens is 3. The Morgan fingerprint density at radius 1 is 1.18 bits per heavy atom. The minimum Gasteiger partial charge on any atom is -0.336 e. The molecular weight excluding hydrogens is 222 g/mol. The van der Waals surface area contributed by atoms with E-state index in [2.05, 4.69) is 32.2 Å². The highest BCUT2D eigenvalue weighted by atomic mass is 16.2. The summed E-state index contributed by atoms with van der Waals surface area (Å²) in [6.45, 7) is 3.91. The van der Waals surface area contributed by atoms with E-state index in [-0.39, 0.29) is 5.92 Å². The molecule has 0 amide bonds. The number of aromatic amines is 3. The number of hydrogen-bond acceptors (Lipinski definition) is 4. The molecule has 3 heterocycles. The Hall–Kier alpha value is -1.89. The molecule has 2 atom stereocenters. The van der Waals surface area contributed by atoms with Gasteiger partial charge in [-0.15, -0.1) is 0 Å². The molecule has 3 rings (SSSR count). The molecule has 2 aromatic rings. The first-order valence-electron chi connectivity index (χ1n) is 5.58. The van der Waals surface area contributed by atoms with Crippen LogP contribution in [-0.4, -0.2) is 33.0 Å². The summed E-state index contributed by atoms with van der Waals surface area (Å²) in [4.78, 5) is 34.7. The van der Waals surface area contributed by atoms with Gasteiger partial charge in [-0.05, 0) is 12.5 Å². The van der Waals surface area contributed by atoms with Crippen molar-refractivity contribution >= 4 is 11.2 Å². The van der Waals surface area contributed by atoms with Gasteiger partial charge in [0.2, 0.25) is 0 Å². The van der Waals surface area contributed by atoms with Crippen molar-refractivity contribution in [2.75, 3.05) is 13.1 Å². The van der Waals surface area contributed by atoms with Gasteiger partial charge in [0.15, 0.2) is 5.65 Å². The second-order valence-corrected chi connectivity index (χ2v) is 4.50. The zero-order valence-electron chi connectivity index (χ0n) is 9.33. The van der Waals surface area contributed by atoms with Gasteiger partial charge in [-0.1, -0.05) is 6.92 Å². The molecule has 2 aromatic heterocycles. The number of fused-ring (bicyclic) bond motifs is 1. The standard InChI is InChI=1S/C10H13N5O2/c1-4-2-11-3-5(4)7-12-6-8(13-7)14-10(17)15-9(6)16/h4-5,11H,2-3H2,1H3,(H3,12,13,14,15,16,17)/t4-,5-/m1/s1. The summed E-state index contributed by atoms with van der Waals surface area (Å²) in [5.41, 5.74) is -0.300. The largest absolute Gasteiger partial charge is 0.336 e. The van der Waals surface area contributed by atoms with Crippen LogP contribution in [0.5, 0.6) is 0 Å². The fourth-order valence-corrected chi connectivity index (χ4v) is 2.30. The molecule has 4 N–H and O–H groups in total. The Labute approximate surface area is 95.7 Å². The summed E-state index contributed by atoms with van der Waals surface area (Å²) >= 11 is 0. The fourth-order valence-electron chi connectivity index (χ4n) is 2.30. The minimum absolute atomic E-state index is 0.255. The van der Waals surface area contributed by atoms with Crippen LogP contribution in [-0.2, 0) is 0 Å². The number of aromatic nitrogens is 4. The van der Waals surface area contributed by atoms with E-state index in [0.29, 0.717) is 17.1 Å². The maximum Gasteiger partial charge on any atom is 0.327 e. The number of imidazole rings is 1. The molecule has 7 heteroatoms. The van der Waals surface area contributed by atoms with Crippen LogP contribution in [0.2, 0.25) is 0 Å². The number of hydrogen-bond donors (Lipinski definition) is 4. The summed E-state index contributed by atoms with van der Waals surface area (Å²) in [7, 11) is 0. The van der Waals surface area contributed by atoms with Gasteiger partial charge >= 0.3 is 5.69 Å². The molecule has 1 fully saturated rings. The lowest BCUT2D eigenvalue weighted by molar-refractivity contribution is 0.551. The van der Waals surface area contributed by atoms with Crippen LogP contribution in [0.1, 0.15) is 18.7 Å². The molecule has 0 radical (unpaired) electrons. The van der Waals surface area contributed by atoms with Gasteiger partial charge in [-0.3, -0.25) is 14.8 Å². The zero-order chi connectivity index (χ0) is 12.0. The van der Waals surface area contributed by atoms with Crippen molar-refractivity contribution in [2.24, 2.45) is 5.92 Å². The fraction of sp³-hybridized carbons (Fsp3) is 0.500. The monoisotopic (exact) mass is 235 g/mol. The first kappa shape index (κ1) is 10.3. The van der Waals surface area contributed by atoms with Gasteiger partial charge in [0, 0.05) is 12.5 Å². The smallest absolute Gasteiger partial charge is 0.327 e. The van der Waals surface area contributed by atoms with E-state index in [9.17, 15) is 9.59 Å². The molecule has 90 valence electrons. The van der Waals surface area contributed by atoms with Crippen LogP contribution in [0.15, 0.2) is 9.59 Å². The van der Waals surface area contributed by atoms with E-state index >= 15 is 0 Å². The van der Waals surface area contributed by atoms with Crippen molar-refractivity contribution in [1.29, 1.82) is 0 Å². The van der Waals surface area contributed by atoms with Crippen LogP contribution < -0.4 is 16.6 Å². The van der Waals surface area contributed by atoms with E-state index in [1.807, 2.05) is 0 Å². The Bertz CT molecular complexity index is 667. The highest BCUT2D eigenvalue weighted by Gasteiger charge is 2.27. The predicted molar refractivity (Wildman–Crippen MR) is 62.1 cm³/mol. The molecule has 1 saturated heterocycles. The SMILES string of the molecule is C[C@@H]1CNC[C@H]1c1nc2[nH]c(=O)[nH]c(=O)c2[nH]1. The molecule has 0 unspecified atom stereocenters. The molecule has 7 nitrogen and oxygen atoms in total. The highest BCUT2D eigenvalue weighted by molar-refractivity contribution is 5.68. The second kappa shape index (κ2) is 3.56. The lowest BCUT2D eigenvalue weighted by Gasteiger charge is -2.09. The van der Waals surface area contributed by atoms with Crippen molar-refractivity contribution < 1.29 is 0 Å². The summed E-state index contributed by atoms with van der Waals surface area (Å²) in [6.07, 6.45) is 0. The maximum absolute atomic E-state index is 11.5. The van der Waals surface area contributed by atoms with Gasteiger partial charge < -0.3 is 10.3 Å². The van der Waals surface area contributed by atoms with E-state index in [1.54, 1.807) is 0 Å². The average Bonchev–Trinajstić information content (AvgIpc) is 2.83. The molecule has 17 heavy (non-hydrogen) atoms. The Morgan fingerprint density at radius 2 is 2.00 bits per heavy atom. The number of rotatable bonds is 1. The Kier molecular flexibility index (Phi) is 2.15. The average molecular weight is 235 g/mol. The maximum atomic E-state index is 11.5. The molecule has 0 saturated carbocycles. The van der Waals surface area contributed by atoms with Gasteiger partial charge in [-0.2, -0.15) is 0 Å². The quantitative estimate of drug-likeness (QED) is 0.522. The summed E-state index contributed by atoms with van der Waals surface area (Å²) in [6, 6.07) is 0. The van der Waals surface area contributed by atoms with E-state index < -0.39 is 11.2 Å². The number of nitrogens with one attached hydrogen (secondary N) is 4. The van der Waals surface area contributed by atoms with Crippen LogP contribution in [0, 0.1) is 5.92 Å². The van der Waals surface area contributed by atoms with E-state index in [4.69, 9.17) is 0 Å². The molecule has 0 aliphatic carbocycles. The predicted octanol–water partition coefficient (Wildman–Crippen LogP) is -0.738.